The van der Waals surface area contributed by atoms with Crippen molar-refractivity contribution in [3.63, 3.8) is 0 Å². The molecule has 0 atom stereocenters. The van der Waals surface area contributed by atoms with Gasteiger partial charge in [-0.25, -0.2) is 5.01 Å². The van der Waals surface area contributed by atoms with Crippen LogP contribution in [0.2, 0.25) is 0 Å². The monoisotopic (exact) mass is 234 g/mol. The molecule has 0 saturated carbocycles. The number of nitrogens with two attached hydrogens (primary N) is 1. The zero-order valence-corrected chi connectivity index (χ0v) is 10.0. The van der Waals surface area contributed by atoms with Gasteiger partial charge >= 0.3 is 0 Å². The molecule has 1 aliphatic rings. The van der Waals surface area contributed by atoms with E-state index in [-0.39, 0.29) is 5.91 Å². The summed E-state index contributed by atoms with van der Waals surface area (Å²) in [5.74, 6) is -0.132. The summed E-state index contributed by atoms with van der Waals surface area (Å²) in [5.41, 5.74) is 9.69. The second-order valence-electron chi connectivity index (χ2n) is 4.32. The van der Waals surface area contributed by atoms with E-state index >= 15 is 0 Å². The predicted octanol–water partition coefficient (Wildman–Crippen LogP) is 0.161. The number of likely N-dealkylation sites (N-methyl/N-ethyl adjacent to an activating group) is 1. The first-order chi connectivity index (χ1) is 8.16. The maximum Gasteiger partial charge on any atom is 0.267 e. The van der Waals surface area contributed by atoms with Gasteiger partial charge in [0.05, 0.1) is 5.56 Å². The normalized spacial score (nSPS) is 17.9. The first-order valence-electron chi connectivity index (χ1n) is 5.76. The van der Waals surface area contributed by atoms with Crippen molar-refractivity contribution in [2.75, 3.05) is 39.0 Å². The van der Waals surface area contributed by atoms with Crippen LogP contribution in [-0.2, 0) is 0 Å². The number of carbonyl (C=O) groups excluding carboxylic acids is 1. The Morgan fingerprint density at radius 1 is 1.24 bits per heavy atom. The Morgan fingerprint density at radius 2 is 1.88 bits per heavy atom. The highest BCUT2D eigenvalue weighted by Crippen LogP contribution is 2.10. The van der Waals surface area contributed by atoms with Crippen LogP contribution in [0.4, 0.5) is 5.69 Å². The quantitative estimate of drug-likeness (QED) is 0.716. The minimum absolute atomic E-state index is 0.132. The van der Waals surface area contributed by atoms with Gasteiger partial charge in [0.15, 0.2) is 0 Å². The lowest BCUT2D eigenvalue weighted by Crippen LogP contribution is -2.52. The summed E-state index contributed by atoms with van der Waals surface area (Å²) >= 11 is 0. The first-order valence-corrected chi connectivity index (χ1v) is 5.76. The number of nitrogens with one attached hydrogen (secondary N) is 1. The summed E-state index contributed by atoms with van der Waals surface area (Å²) in [6.07, 6.45) is 0. The van der Waals surface area contributed by atoms with Gasteiger partial charge < -0.3 is 10.6 Å². The Labute approximate surface area is 101 Å². The number of amides is 1. The van der Waals surface area contributed by atoms with E-state index < -0.39 is 0 Å². The second kappa shape index (κ2) is 5.16. The molecule has 1 amide bonds. The predicted molar refractivity (Wildman–Crippen MR) is 67.4 cm³/mol. The third-order valence-corrected chi connectivity index (χ3v) is 2.97. The molecule has 17 heavy (non-hydrogen) atoms. The van der Waals surface area contributed by atoms with Gasteiger partial charge in [-0.15, -0.1) is 0 Å². The van der Waals surface area contributed by atoms with Crippen molar-refractivity contribution in [3.05, 3.63) is 29.8 Å². The Kier molecular flexibility index (Phi) is 3.61. The zero-order valence-electron chi connectivity index (χ0n) is 10.0. The number of benzene rings is 1. The van der Waals surface area contributed by atoms with Crippen LogP contribution in [0, 0.1) is 0 Å². The summed E-state index contributed by atoms with van der Waals surface area (Å²) in [6.45, 7) is 3.61. The molecule has 0 unspecified atom stereocenters. The first kappa shape index (κ1) is 11.9. The molecule has 0 spiro atoms. The molecule has 5 heteroatoms. The minimum Gasteiger partial charge on any atom is -0.398 e. The lowest BCUT2D eigenvalue weighted by molar-refractivity contribution is 0.0663. The highest BCUT2D eigenvalue weighted by Gasteiger charge is 2.17. The van der Waals surface area contributed by atoms with Crippen LogP contribution in [0.25, 0.3) is 0 Å². The molecule has 1 aromatic carbocycles. The molecule has 3 N–H and O–H groups in total. The summed E-state index contributed by atoms with van der Waals surface area (Å²) in [5, 5.41) is 1.94. The number of rotatable bonds is 2. The van der Waals surface area contributed by atoms with Crippen molar-refractivity contribution in [3.8, 4) is 0 Å². The van der Waals surface area contributed by atoms with Crippen LogP contribution in [0.1, 0.15) is 10.4 Å². The molecular formula is C12H18N4O. The molecular weight excluding hydrogens is 216 g/mol. The van der Waals surface area contributed by atoms with Crippen molar-refractivity contribution in [2.45, 2.75) is 0 Å². The Morgan fingerprint density at radius 3 is 2.53 bits per heavy atom. The summed E-state index contributed by atoms with van der Waals surface area (Å²) < 4.78 is 0. The van der Waals surface area contributed by atoms with Gasteiger partial charge in [-0.2, -0.15) is 0 Å². The van der Waals surface area contributed by atoms with Gasteiger partial charge in [-0.05, 0) is 19.2 Å². The van der Waals surface area contributed by atoms with E-state index in [0.29, 0.717) is 11.3 Å². The number of nitrogen functional groups attached to an aromatic ring is 1. The van der Waals surface area contributed by atoms with Crippen molar-refractivity contribution in [2.24, 2.45) is 0 Å². The third kappa shape index (κ3) is 2.95. The van der Waals surface area contributed by atoms with E-state index in [1.54, 1.807) is 12.1 Å². The smallest absolute Gasteiger partial charge is 0.267 e. The van der Waals surface area contributed by atoms with Crippen molar-refractivity contribution >= 4 is 11.6 Å². The van der Waals surface area contributed by atoms with Gasteiger partial charge in [0.2, 0.25) is 0 Å². The van der Waals surface area contributed by atoms with Gasteiger partial charge in [0.25, 0.3) is 5.91 Å². The zero-order chi connectivity index (χ0) is 12.3. The van der Waals surface area contributed by atoms with E-state index in [2.05, 4.69) is 17.4 Å². The summed E-state index contributed by atoms with van der Waals surface area (Å²) in [6, 6.07) is 7.11. The standard InChI is InChI=1S/C12H18N4O/c1-15-6-8-16(9-7-15)14-12(17)10-4-2-3-5-11(10)13/h2-5H,6-9,13H2,1H3,(H,14,17). The molecule has 1 aliphatic heterocycles. The van der Waals surface area contributed by atoms with Crippen molar-refractivity contribution < 1.29 is 4.79 Å². The minimum atomic E-state index is -0.132. The van der Waals surface area contributed by atoms with Gasteiger partial charge in [0.1, 0.15) is 0 Å². The van der Waals surface area contributed by atoms with Gasteiger partial charge in [0, 0.05) is 31.9 Å². The number of hydrogen-bond donors (Lipinski definition) is 2. The average molecular weight is 234 g/mol. The SMILES string of the molecule is CN1CCN(NC(=O)c2ccccc2N)CC1. The van der Waals surface area contributed by atoms with Crippen molar-refractivity contribution in [1.29, 1.82) is 0 Å². The molecule has 0 bridgehead atoms. The van der Waals surface area contributed by atoms with E-state index in [1.807, 2.05) is 17.1 Å². The molecule has 1 aromatic rings. The van der Waals surface area contributed by atoms with E-state index in [9.17, 15) is 4.79 Å². The Hall–Kier alpha value is -1.59. The maximum atomic E-state index is 12.0. The average Bonchev–Trinajstić information content (AvgIpc) is 2.32. The fraction of sp³-hybridized carbons (Fsp3) is 0.417. The lowest BCUT2D eigenvalue weighted by atomic mass is 10.2. The van der Waals surface area contributed by atoms with Crippen LogP contribution >= 0.6 is 0 Å². The van der Waals surface area contributed by atoms with Gasteiger partial charge in [-0.3, -0.25) is 10.2 Å². The molecule has 0 radical (unpaired) electrons. The van der Waals surface area contributed by atoms with E-state index in [4.69, 9.17) is 5.73 Å². The lowest BCUT2D eigenvalue weighted by Gasteiger charge is -2.32. The number of carbonyl (C=O) groups is 1. The maximum absolute atomic E-state index is 12.0. The number of nitrogens with zero attached hydrogens (tertiary/aromatic N) is 2. The fourth-order valence-corrected chi connectivity index (χ4v) is 1.83. The number of piperazine rings is 1. The molecule has 1 saturated heterocycles. The molecule has 2 rings (SSSR count). The van der Waals surface area contributed by atoms with E-state index in [0.717, 1.165) is 26.2 Å². The largest absolute Gasteiger partial charge is 0.398 e. The van der Waals surface area contributed by atoms with Crippen LogP contribution in [0.15, 0.2) is 24.3 Å². The molecule has 1 heterocycles. The number of anilines is 1. The van der Waals surface area contributed by atoms with Crippen LogP contribution in [-0.4, -0.2) is 49.0 Å². The third-order valence-electron chi connectivity index (χ3n) is 2.97. The Balaban J connectivity index is 1.96. The van der Waals surface area contributed by atoms with Crippen LogP contribution in [0.5, 0.6) is 0 Å². The Bertz CT molecular complexity index is 399. The molecule has 0 aromatic heterocycles. The molecule has 5 nitrogen and oxygen atoms in total. The number of hydrogen-bond acceptors (Lipinski definition) is 4. The summed E-state index contributed by atoms with van der Waals surface area (Å²) in [4.78, 5) is 14.2. The number of hydrazine groups is 1. The fourth-order valence-electron chi connectivity index (χ4n) is 1.83. The highest BCUT2D eigenvalue weighted by atomic mass is 16.2. The topological polar surface area (TPSA) is 61.6 Å². The van der Waals surface area contributed by atoms with Crippen LogP contribution < -0.4 is 11.2 Å². The molecule has 0 aliphatic carbocycles. The van der Waals surface area contributed by atoms with Gasteiger partial charge in [-0.1, -0.05) is 12.1 Å². The number of para-hydroxylation sites is 1. The molecule has 1 fully saturated rings. The highest BCUT2D eigenvalue weighted by molar-refractivity contribution is 5.98. The second-order valence-corrected chi connectivity index (χ2v) is 4.32. The molecule has 92 valence electrons. The summed E-state index contributed by atoms with van der Waals surface area (Å²) in [7, 11) is 2.08. The van der Waals surface area contributed by atoms with E-state index in [1.165, 1.54) is 0 Å². The van der Waals surface area contributed by atoms with Crippen LogP contribution in [0.3, 0.4) is 0 Å². The van der Waals surface area contributed by atoms with Crippen molar-refractivity contribution in [1.82, 2.24) is 15.3 Å².